The Morgan fingerprint density at radius 2 is 1.83 bits per heavy atom. The van der Waals surface area contributed by atoms with Gasteiger partial charge in [-0.15, -0.1) is 0 Å². The molecule has 128 valence electrons. The quantitative estimate of drug-likeness (QED) is 0.453. The fourth-order valence-electron chi connectivity index (χ4n) is 2.50. The van der Waals surface area contributed by atoms with E-state index >= 15 is 0 Å². The van der Waals surface area contributed by atoms with E-state index in [1.807, 2.05) is 46.1 Å². The number of carbonyl (C=O) groups is 2. The largest absolute Gasteiger partial charge is 0.544 e. The Labute approximate surface area is 137 Å². The van der Waals surface area contributed by atoms with Crippen molar-refractivity contribution in [1.29, 1.82) is 0 Å². The number of carbonyl (C=O) groups excluding carboxylic acids is 2. The molecule has 23 heavy (non-hydrogen) atoms. The highest BCUT2D eigenvalue weighted by Gasteiger charge is 2.18. The molecule has 0 spiro atoms. The van der Waals surface area contributed by atoms with Crippen molar-refractivity contribution >= 4 is 17.6 Å². The van der Waals surface area contributed by atoms with Gasteiger partial charge in [-0.3, -0.25) is 4.79 Å². The molecule has 0 unspecified atom stereocenters. The fraction of sp³-hybridized carbons (Fsp3) is 0.529. The van der Waals surface area contributed by atoms with Gasteiger partial charge >= 0.3 is 0 Å². The van der Waals surface area contributed by atoms with Crippen molar-refractivity contribution in [3.05, 3.63) is 29.3 Å². The third kappa shape index (κ3) is 7.76. The second kappa shape index (κ2) is 9.27. The van der Waals surface area contributed by atoms with E-state index in [9.17, 15) is 14.7 Å². The fourth-order valence-corrected chi connectivity index (χ4v) is 2.50. The van der Waals surface area contributed by atoms with Crippen LogP contribution in [0.1, 0.15) is 24.0 Å². The summed E-state index contributed by atoms with van der Waals surface area (Å²) in [7, 11) is 4.10. The van der Waals surface area contributed by atoms with Gasteiger partial charge in [0.15, 0.2) is 0 Å². The van der Waals surface area contributed by atoms with Gasteiger partial charge in [0.25, 0.3) is 0 Å². The minimum absolute atomic E-state index is 0.0931. The number of aryl methyl sites for hydroxylation is 2. The Hall–Kier alpha value is -1.92. The van der Waals surface area contributed by atoms with Crippen molar-refractivity contribution in [2.24, 2.45) is 0 Å². The number of rotatable bonds is 9. The smallest absolute Gasteiger partial charge is 0.230 e. The molecule has 1 rings (SSSR count). The minimum atomic E-state index is -1.20. The van der Waals surface area contributed by atoms with Gasteiger partial charge in [-0.2, -0.15) is 0 Å². The molecule has 0 fully saturated rings. The second-order valence-electron chi connectivity index (χ2n) is 6.39. The summed E-state index contributed by atoms with van der Waals surface area (Å²) >= 11 is 0. The van der Waals surface area contributed by atoms with Gasteiger partial charge in [0.1, 0.15) is 6.04 Å². The number of anilines is 1. The van der Waals surface area contributed by atoms with Crippen LogP contribution in [0.2, 0.25) is 0 Å². The number of quaternary nitrogens is 2. The maximum atomic E-state index is 12.1. The number of amides is 1. The van der Waals surface area contributed by atoms with Gasteiger partial charge in [0, 0.05) is 12.1 Å². The van der Waals surface area contributed by atoms with Crippen LogP contribution in [0, 0.1) is 13.8 Å². The topological polar surface area (TPSA) is 90.3 Å². The zero-order valence-electron chi connectivity index (χ0n) is 14.4. The van der Waals surface area contributed by atoms with Gasteiger partial charge in [0.2, 0.25) is 5.91 Å². The maximum Gasteiger partial charge on any atom is 0.230 e. The molecular formula is C17H28N3O3+. The molecule has 0 aromatic heterocycles. The van der Waals surface area contributed by atoms with Crippen LogP contribution in [0.15, 0.2) is 18.2 Å². The molecule has 0 bridgehead atoms. The van der Waals surface area contributed by atoms with Crippen molar-refractivity contribution in [2.45, 2.75) is 32.7 Å². The normalized spacial score (nSPS) is 12.2. The lowest BCUT2D eigenvalue weighted by Gasteiger charge is -2.17. The number of nitrogens with one attached hydrogen (secondary N) is 2. The Balaban J connectivity index is 2.52. The molecule has 6 nitrogen and oxygen atoms in total. The molecule has 0 aliphatic heterocycles. The summed E-state index contributed by atoms with van der Waals surface area (Å²) in [5.41, 5.74) is 2.80. The van der Waals surface area contributed by atoms with Crippen LogP contribution >= 0.6 is 0 Å². The maximum absolute atomic E-state index is 12.1. The van der Waals surface area contributed by atoms with E-state index in [-0.39, 0.29) is 12.3 Å². The summed E-state index contributed by atoms with van der Waals surface area (Å²) in [5.74, 6) is -1.50. The van der Waals surface area contributed by atoms with E-state index in [2.05, 4.69) is 5.32 Å². The molecule has 0 saturated carbocycles. The summed E-state index contributed by atoms with van der Waals surface area (Å²) in [6.07, 6.45) is 0.801. The lowest BCUT2D eigenvalue weighted by Crippen LogP contribution is -3.06. The molecule has 0 saturated heterocycles. The van der Waals surface area contributed by atoms with Gasteiger partial charge in [0.05, 0.1) is 39.6 Å². The molecule has 1 aromatic rings. The highest BCUT2D eigenvalue weighted by atomic mass is 16.4. The number of carboxylic acids is 1. The highest BCUT2D eigenvalue weighted by Crippen LogP contribution is 2.13. The standard InChI is InChI=1S/C17H27N3O3/c1-12-8-13(2)10-14(9-12)19-16(21)11-15(17(22)23)18-6-5-7-20(3)4/h8-10,15,18H,5-7,11H2,1-4H3,(H,19,21)(H,22,23)/p+1/t15-/m0/s1. The van der Waals surface area contributed by atoms with Gasteiger partial charge in [-0.25, -0.2) is 0 Å². The van der Waals surface area contributed by atoms with Crippen LogP contribution in [0.5, 0.6) is 0 Å². The zero-order chi connectivity index (χ0) is 17.4. The summed E-state index contributed by atoms with van der Waals surface area (Å²) in [4.78, 5) is 24.6. The minimum Gasteiger partial charge on any atom is -0.544 e. The second-order valence-corrected chi connectivity index (χ2v) is 6.39. The summed E-state index contributed by atoms with van der Waals surface area (Å²) in [6.45, 7) is 5.53. The van der Waals surface area contributed by atoms with E-state index in [0.29, 0.717) is 12.2 Å². The molecule has 0 aliphatic rings. The number of carboxylic acid groups (broad SMARTS) is 1. The monoisotopic (exact) mass is 322 g/mol. The summed E-state index contributed by atoms with van der Waals surface area (Å²) in [5, 5.41) is 15.6. The number of aliphatic carboxylic acids is 1. The van der Waals surface area contributed by atoms with Crippen LogP contribution < -0.4 is 20.6 Å². The molecular weight excluding hydrogens is 294 g/mol. The SMILES string of the molecule is Cc1cc(C)cc(NC(=O)C[C@H]([NH2+]CCC[NH+](C)C)C(=O)[O-])c1. The number of nitrogens with two attached hydrogens (primary N) is 1. The van der Waals surface area contributed by atoms with Gasteiger partial charge < -0.3 is 25.4 Å². The number of hydrogen-bond donors (Lipinski definition) is 3. The molecule has 0 aliphatic carbocycles. The number of hydrogen-bond acceptors (Lipinski definition) is 3. The molecule has 1 atom stereocenters. The summed E-state index contributed by atoms with van der Waals surface area (Å²) < 4.78 is 0. The first-order valence-corrected chi connectivity index (χ1v) is 7.99. The van der Waals surface area contributed by atoms with Crippen molar-refractivity contribution in [2.75, 3.05) is 32.5 Å². The predicted octanol–water partition coefficient (Wildman–Crippen LogP) is -2.15. The Morgan fingerprint density at radius 1 is 1.22 bits per heavy atom. The van der Waals surface area contributed by atoms with Crippen LogP contribution in [-0.2, 0) is 9.59 Å². The van der Waals surface area contributed by atoms with Crippen molar-refractivity contribution in [3.63, 3.8) is 0 Å². The van der Waals surface area contributed by atoms with Crippen LogP contribution in [0.4, 0.5) is 5.69 Å². The van der Waals surface area contributed by atoms with Crippen molar-refractivity contribution < 1.29 is 24.9 Å². The van der Waals surface area contributed by atoms with Crippen molar-refractivity contribution in [3.8, 4) is 0 Å². The van der Waals surface area contributed by atoms with Crippen molar-refractivity contribution in [1.82, 2.24) is 0 Å². The third-order valence-electron chi connectivity index (χ3n) is 3.55. The highest BCUT2D eigenvalue weighted by molar-refractivity contribution is 5.93. The average Bonchev–Trinajstić information content (AvgIpc) is 2.40. The van der Waals surface area contributed by atoms with Crippen LogP contribution in [0.3, 0.4) is 0 Å². The van der Waals surface area contributed by atoms with Crippen LogP contribution in [-0.4, -0.2) is 45.1 Å². The molecule has 1 amide bonds. The van der Waals surface area contributed by atoms with Gasteiger partial charge in [-0.1, -0.05) is 6.07 Å². The average molecular weight is 322 g/mol. The van der Waals surface area contributed by atoms with E-state index < -0.39 is 12.0 Å². The first kappa shape index (κ1) is 19.1. The van der Waals surface area contributed by atoms with E-state index in [1.165, 1.54) is 4.90 Å². The lowest BCUT2D eigenvalue weighted by molar-refractivity contribution is -0.860. The first-order chi connectivity index (χ1) is 10.8. The first-order valence-electron chi connectivity index (χ1n) is 7.99. The molecule has 4 N–H and O–H groups in total. The zero-order valence-corrected chi connectivity index (χ0v) is 14.4. The molecule has 6 heteroatoms. The number of benzene rings is 1. The Bertz CT molecular complexity index is 524. The van der Waals surface area contributed by atoms with E-state index in [0.717, 1.165) is 24.1 Å². The van der Waals surface area contributed by atoms with Gasteiger partial charge in [-0.05, 0) is 37.1 Å². The molecule has 1 aromatic carbocycles. The van der Waals surface area contributed by atoms with E-state index in [4.69, 9.17) is 0 Å². The lowest BCUT2D eigenvalue weighted by atomic mass is 10.1. The third-order valence-corrected chi connectivity index (χ3v) is 3.55. The Kier molecular flexibility index (Phi) is 7.71. The predicted molar refractivity (Wildman–Crippen MR) is 87.0 cm³/mol. The van der Waals surface area contributed by atoms with E-state index in [1.54, 1.807) is 5.32 Å². The summed E-state index contributed by atoms with van der Waals surface area (Å²) in [6, 6.07) is 4.89. The molecule has 0 heterocycles. The van der Waals surface area contributed by atoms with Crippen LogP contribution in [0.25, 0.3) is 0 Å². The molecule has 0 radical (unpaired) electrons. The Morgan fingerprint density at radius 3 is 2.35 bits per heavy atom.